The van der Waals surface area contributed by atoms with Crippen LogP contribution in [0.5, 0.6) is 0 Å². The lowest BCUT2D eigenvalue weighted by atomic mass is 9.79. The van der Waals surface area contributed by atoms with Gasteiger partial charge in [0.15, 0.2) is 5.69 Å². The van der Waals surface area contributed by atoms with Crippen molar-refractivity contribution >= 4 is 18.3 Å². The molecule has 0 spiro atoms. The summed E-state index contributed by atoms with van der Waals surface area (Å²) >= 11 is 0. The molecule has 1 aromatic heterocycles. The van der Waals surface area contributed by atoms with Crippen molar-refractivity contribution in [2.45, 2.75) is 46.0 Å². The van der Waals surface area contributed by atoms with Gasteiger partial charge in [0.05, 0.1) is 12.3 Å². The van der Waals surface area contributed by atoms with Gasteiger partial charge in [-0.3, -0.25) is 4.79 Å². The monoisotopic (exact) mass is 432 g/mol. The summed E-state index contributed by atoms with van der Waals surface area (Å²) in [5, 5.41) is 11.4. The molecule has 1 fully saturated rings. The zero-order valence-electron chi connectivity index (χ0n) is 18.2. The van der Waals surface area contributed by atoms with Gasteiger partial charge in [-0.15, -0.1) is 12.4 Å². The number of ether oxygens (including phenoxy) is 1. The van der Waals surface area contributed by atoms with Crippen LogP contribution in [0, 0.1) is 19.3 Å². The topological polar surface area (TPSA) is 68.2 Å². The van der Waals surface area contributed by atoms with E-state index in [1.54, 1.807) is 7.11 Å². The molecule has 7 heteroatoms. The normalized spacial score (nSPS) is 17.3. The third-order valence-corrected chi connectivity index (χ3v) is 6.46. The largest absolute Gasteiger partial charge is 0.384 e. The number of amides is 1. The first-order valence-electron chi connectivity index (χ1n) is 10.7. The molecule has 0 bridgehead atoms. The molecule has 1 amide bonds. The number of methoxy groups -OCH3 is 1. The number of hydrogen-bond donors (Lipinski definition) is 2. The van der Waals surface area contributed by atoms with Gasteiger partial charge < -0.3 is 15.4 Å². The number of nitrogens with zero attached hydrogens (tertiary/aromatic N) is 2. The summed E-state index contributed by atoms with van der Waals surface area (Å²) in [5.41, 5.74) is 6.40. The fourth-order valence-corrected chi connectivity index (χ4v) is 4.85. The Labute approximate surface area is 185 Å². The average Bonchev–Trinajstić information content (AvgIpc) is 3.30. The first-order valence-corrected chi connectivity index (χ1v) is 10.7. The quantitative estimate of drug-likeness (QED) is 0.735. The van der Waals surface area contributed by atoms with Gasteiger partial charge in [0.25, 0.3) is 5.91 Å². The van der Waals surface area contributed by atoms with E-state index in [1.807, 2.05) is 4.68 Å². The van der Waals surface area contributed by atoms with E-state index in [0.717, 1.165) is 56.4 Å². The van der Waals surface area contributed by atoms with Crippen molar-refractivity contribution in [1.29, 1.82) is 0 Å². The lowest BCUT2D eigenvalue weighted by molar-refractivity contribution is 0.0510. The van der Waals surface area contributed by atoms with Crippen molar-refractivity contribution in [2.24, 2.45) is 5.41 Å². The number of benzene rings is 1. The maximum Gasteiger partial charge on any atom is 0.272 e. The molecule has 164 valence electrons. The van der Waals surface area contributed by atoms with Crippen molar-refractivity contribution in [3.05, 3.63) is 46.3 Å². The summed E-state index contributed by atoms with van der Waals surface area (Å²) in [6, 6.07) is 6.39. The second-order valence-corrected chi connectivity index (χ2v) is 8.69. The smallest absolute Gasteiger partial charge is 0.272 e. The molecule has 1 aliphatic carbocycles. The Hall–Kier alpha value is -1.89. The van der Waals surface area contributed by atoms with Crippen LogP contribution in [0.15, 0.2) is 18.2 Å². The molecule has 6 nitrogen and oxygen atoms in total. The van der Waals surface area contributed by atoms with E-state index in [-0.39, 0.29) is 23.7 Å². The molecule has 2 N–H and O–H groups in total. The molecule has 4 rings (SSSR count). The van der Waals surface area contributed by atoms with Gasteiger partial charge >= 0.3 is 0 Å². The van der Waals surface area contributed by atoms with Crippen LogP contribution in [0.4, 0.5) is 0 Å². The first kappa shape index (κ1) is 22.8. The predicted octanol–water partition coefficient (Wildman–Crippen LogP) is 3.15. The molecular formula is C23H33ClN4O2. The molecule has 0 radical (unpaired) electrons. The van der Waals surface area contributed by atoms with E-state index in [9.17, 15) is 4.79 Å². The predicted molar refractivity (Wildman–Crippen MR) is 121 cm³/mol. The number of rotatable bonds is 6. The van der Waals surface area contributed by atoms with Gasteiger partial charge in [-0.25, -0.2) is 4.68 Å². The number of piperidine rings is 1. The van der Waals surface area contributed by atoms with Crippen LogP contribution < -0.4 is 10.6 Å². The number of carbonyl (C=O) groups excluding carboxylic acids is 1. The highest BCUT2D eigenvalue weighted by atomic mass is 35.5. The van der Waals surface area contributed by atoms with E-state index in [4.69, 9.17) is 9.84 Å². The first-order chi connectivity index (χ1) is 14.0. The minimum atomic E-state index is -0.0549. The van der Waals surface area contributed by atoms with E-state index in [1.165, 1.54) is 16.8 Å². The van der Waals surface area contributed by atoms with Crippen molar-refractivity contribution in [1.82, 2.24) is 20.4 Å². The second kappa shape index (κ2) is 9.50. The number of hydrogen-bond acceptors (Lipinski definition) is 4. The van der Waals surface area contributed by atoms with Crippen LogP contribution in [0.1, 0.15) is 52.1 Å². The van der Waals surface area contributed by atoms with E-state index in [0.29, 0.717) is 18.8 Å². The van der Waals surface area contributed by atoms with Crippen molar-refractivity contribution in [3.8, 4) is 5.69 Å². The summed E-state index contributed by atoms with van der Waals surface area (Å²) in [4.78, 5) is 13.1. The molecule has 1 aliphatic heterocycles. The number of fused-ring (bicyclic) bond motifs is 1. The fourth-order valence-electron chi connectivity index (χ4n) is 4.85. The van der Waals surface area contributed by atoms with E-state index < -0.39 is 0 Å². The lowest BCUT2D eigenvalue weighted by Crippen LogP contribution is -2.47. The molecule has 0 saturated carbocycles. The Bertz CT molecular complexity index is 897. The molecule has 30 heavy (non-hydrogen) atoms. The van der Waals surface area contributed by atoms with Crippen LogP contribution in [0.2, 0.25) is 0 Å². The molecule has 0 atom stereocenters. The van der Waals surface area contributed by atoms with Gasteiger partial charge in [0, 0.05) is 30.3 Å². The Kier molecular flexibility index (Phi) is 7.22. The molecule has 1 aromatic carbocycles. The van der Waals surface area contributed by atoms with Gasteiger partial charge in [0.2, 0.25) is 0 Å². The summed E-state index contributed by atoms with van der Waals surface area (Å²) < 4.78 is 7.48. The van der Waals surface area contributed by atoms with Crippen LogP contribution in [-0.4, -0.2) is 49.0 Å². The van der Waals surface area contributed by atoms with Crippen LogP contribution >= 0.6 is 12.4 Å². The maximum absolute atomic E-state index is 13.1. The van der Waals surface area contributed by atoms with Gasteiger partial charge in [-0.05, 0) is 70.7 Å². The number of carbonyl (C=O) groups is 1. The highest BCUT2D eigenvalue weighted by Crippen LogP contribution is 2.31. The lowest BCUT2D eigenvalue weighted by Gasteiger charge is -2.37. The summed E-state index contributed by atoms with van der Waals surface area (Å²) in [5.74, 6) is -0.0549. The molecule has 2 aliphatic rings. The fraction of sp³-hybridized carbons (Fsp3) is 0.565. The SMILES string of the molecule is COCC1(CNC(=O)c2nn(-c3ccc(C)cc3C)c3c2CCC3)CCNCC1.Cl. The number of halogens is 1. The Morgan fingerprint density at radius 2 is 2.03 bits per heavy atom. The van der Waals surface area contributed by atoms with Gasteiger partial charge in [0.1, 0.15) is 0 Å². The number of aryl methyl sites for hydroxylation is 2. The molecule has 2 aromatic rings. The Morgan fingerprint density at radius 3 is 2.73 bits per heavy atom. The number of aromatic nitrogens is 2. The zero-order chi connectivity index (χ0) is 20.4. The standard InChI is InChI=1S/C23H32N4O2.ClH/c1-16-7-8-19(17(2)13-16)27-20-6-4-5-18(20)21(26-27)22(28)25-14-23(15-29-3)9-11-24-12-10-23;/h7-8,13,24H,4-6,9-12,14-15H2,1-3H3,(H,25,28);1H. The zero-order valence-corrected chi connectivity index (χ0v) is 19.0. The highest BCUT2D eigenvalue weighted by Gasteiger charge is 2.34. The summed E-state index contributed by atoms with van der Waals surface area (Å²) in [6.07, 6.45) is 5.00. The second-order valence-electron chi connectivity index (χ2n) is 8.69. The highest BCUT2D eigenvalue weighted by molar-refractivity contribution is 5.94. The average molecular weight is 433 g/mol. The van der Waals surface area contributed by atoms with Crippen LogP contribution in [0.3, 0.4) is 0 Å². The van der Waals surface area contributed by atoms with Crippen molar-refractivity contribution < 1.29 is 9.53 Å². The maximum atomic E-state index is 13.1. The van der Waals surface area contributed by atoms with E-state index in [2.05, 4.69) is 42.7 Å². The minimum absolute atomic E-state index is 0. The summed E-state index contributed by atoms with van der Waals surface area (Å²) in [6.45, 7) is 7.44. The van der Waals surface area contributed by atoms with Crippen molar-refractivity contribution in [3.63, 3.8) is 0 Å². The third-order valence-electron chi connectivity index (χ3n) is 6.46. The van der Waals surface area contributed by atoms with Crippen LogP contribution in [0.25, 0.3) is 5.69 Å². The van der Waals surface area contributed by atoms with Gasteiger partial charge in [-0.2, -0.15) is 5.10 Å². The summed E-state index contributed by atoms with van der Waals surface area (Å²) in [7, 11) is 1.74. The molecule has 0 unspecified atom stereocenters. The Balaban J connectivity index is 0.00000256. The van der Waals surface area contributed by atoms with Crippen molar-refractivity contribution in [2.75, 3.05) is 33.4 Å². The van der Waals surface area contributed by atoms with E-state index >= 15 is 0 Å². The molecule has 2 heterocycles. The van der Waals surface area contributed by atoms with Gasteiger partial charge in [-0.1, -0.05) is 17.7 Å². The molecular weight excluding hydrogens is 400 g/mol. The van der Waals surface area contributed by atoms with Crippen LogP contribution in [-0.2, 0) is 17.6 Å². The Morgan fingerprint density at radius 1 is 1.27 bits per heavy atom. The minimum Gasteiger partial charge on any atom is -0.384 e. The number of nitrogens with one attached hydrogen (secondary N) is 2. The third kappa shape index (κ3) is 4.41. The molecule has 1 saturated heterocycles.